The molecule has 4 heteroatoms. The number of aromatic nitrogens is 2. The lowest BCUT2D eigenvalue weighted by molar-refractivity contribution is -0.115. The first-order valence-corrected chi connectivity index (χ1v) is 7.74. The van der Waals surface area contributed by atoms with Crippen LogP contribution in [0.1, 0.15) is 18.2 Å². The van der Waals surface area contributed by atoms with E-state index in [9.17, 15) is 4.79 Å². The highest BCUT2D eigenvalue weighted by Gasteiger charge is 2.16. The van der Waals surface area contributed by atoms with Crippen molar-refractivity contribution in [3.8, 4) is 11.3 Å². The molecular weight excluding hydrogens is 286 g/mol. The molecule has 0 unspecified atom stereocenters. The molecule has 0 saturated carbocycles. The first-order chi connectivity index (χ1) is 11.3. The molecule has 0 fully saturated rings. The smallest absolute Gasteiger partial charge is 0.228 e. The predicted molar refractivity (Wildman–Crippen MR) is 92.2 cm³/mol. The lowest BCUT2D eigenvalue weighted by Crippen LogP contribution is -2.15. The van der Waals surface area contributed by atoms with Crippen LogP contribution in [0.15, 0.2) is 60.7 Å². The van der Waals surface area contributed by atoms with Crippen molar-refractivity contribution in [1.29, 1.82) is 0 Å². The van der Waals surface area contributed by atoms with Crippen LogP contribution in [-0.2, 0) is 17.6 Å². The molecule has 0 aliphatic heterocycles. The number of hydrogen-bond donors (Lipinski definition) is 2. The Bertz CT molecular complexity index is 779. The van der Waals surface area contributed by atoms with Gasteiger partial charge in [-0.1, -0.05) is 67.6 Å². The second-order valence-electron chi connectivity index (χ2n) is 5.36. The van der Waals surface area contributed by atoms with Crippen molar-refractivity contribution in [3.05, 3.63) is 71.9 Å². The molecule has 0 saturated heterocycles. The van der Waals surface area contributed by atoms with Crippen molar-refractivity contribution >= 4 is 11.6 Å². The van der Waals surface area contributed by atoms with Crippen LogP contribution in [0.2, 0.25) is 0 Å². The summed E-state index contributed by atoms with van der Waals surface area (Å²) in [5.41, 5.74) is 4.47. The molecule has 0 bridgehead atoms. The number of rotatable bonds is 5. The zero-order chi connectivity index (χ0) is 16.1. The average molecular weight is 305 g/mol. The Labute approximate surface area is 135 Å². The van der Waals surface area contributed by atoms with E-state index in [1.807, 2.05) is 67.6 Å². The summed E-state index contributed by atoms with van der Waals surface area (Å²) in [6.07, 6.45) is 1.13. The molecule has 116 valence electrons. The van der Waals surface area contributed by atoms with Gasteiger partial charge in [-0.15, -0.1) is 0 Å². The summed E-state index contributed by atoms with van der Waals surface area (Å²) < 4.78 is 0. The van der Waals surface area contributed by atoms with Gasteiger partial charge < -0.3 is 5.32 Å². The van der Waals surface area contributed by atoms with Crippen molar-refractivity contribution in [1.82, 2.24) is 10.2 Å². The first-order valence-electron chi connectivity index (χ1n) is 7.74. The molecule has 0 aliphatic carbocycles. The second kappa shape index (κ2) is 6.92. The van der Waals surface area contributed by atoms with E-state index in [0.29, 0.717) is 6.42 Å². The summed E-state index contributed by atoms with van der Waals surface area (Å²) in [5.74, 6) is -0.0375. The van der Waals surface area contributed by atoms with E-state index in [0.717, 1.165) is 34.6 Å². The van der Waals surface area contributed by atoms with Crippen LogP contribution in [-0.4, -0.2) is 16.1 Å². The highest BCUT2D eigenvalue weighted by atomic mass is 16.1. The summed E-state index contributed by atoms with van der Waals surface area (Å²) in [4.78, 5) is 12.4. The third-order valence-corrected chi connectivity index (χ3v) is 3.71. The van der Waals surface area contributed by atoms with Gasteiger partial charge in [-0.05, 0) is 12.0 Å². The summed E-state index contributed by atoms with van der Waals surface area (Å²) >= 11 is 0. The molecule has 0 radical (unpaired) electrons. The maximum atomic E-state index is 12.4. The van der Waals surface area contributed by atoms with Crippen molar-refractivity contribution in [2.75, 3.05) is 5.32 Å². The Hall–Kier alpha value is -2.88. The molecule has 1 amide bonds. The fourth-order valence-corrected chi connectivity index (χ4v) is 2.54. The van der Waals surface area contributed by atoms with Gasteiger partial charge in [0, 0.05) is 5.56 Å². The molecule has 1 aromatic heterocycles. The molecule has 0 aliphatic rings. The van der Waals surface area contributed by atoms with Gasteiger partial charge in [0.05, 0.1) is 17.8 Å². The number of hydrogen-bond acceptors (Lipinski definition) is 2. The zero-order valence-electron chi connectivity index (χ0n) is 13.0. The number of nitrogens with one attached hydrogen (secondary N) is 2. The Morgan fingerprint density at radius 3 is 2.35 bits per heavy atom. The molecule has 0 spiro atoms. The average Bonchev–Trinajstić information content (AvgIpc) is 2.99. The maximum Gasteiger partial charge on any atom is 0.228 e. The standard InChI is InChI=1S/C19H19N3O/c1-2-16-19(18(22-21-16)15-11-7-4-8-12-15)20-17(23)13-14-9-5-3-6-10-14/h3-12H,2,13H2,1H3,(H,20,23)(H,21,22). The Kier molecular flexibility index (Phi) is 4.52. The lowest BCUT2D eigenvalue weighted by atomic mass is 10.1. The molecule has 2 aromatic carbocycles. The van der Waals surface area contributed by atoms with Gasteiger partial charge in [0.25, 0.3) is 0 Å². The van der Waals surface area contributed by atoms with Crippen LogP contribution in [0.3, 0.4) is 0 Å². The minimum Gasteiger partial charge on any atom is -0.322 e. The van der Waals surface area contributed by atoms with Gasteiger partial charge in [-0.25, -0.2) is 0 Å². The van der Waals surface area contributed by atoms with Crippen LogP contribution >= 0.6 is 0 Å². The fraction of sp³-hybridized carbons (Fsp3) is 0.158. The van der Waals surface area contributed by atoms with Crippen molar-refractivity contribution in [2.24, 2.45) is 0 Å². The normalized spacial score (nSPS) is 10.5. The predicted octanol–water partition coefficient (Wildman–Crippen LogP) is 3.82. The number of nitrogens with zero attached hydrogens (tertiary/aromatic N) is 1. The molecule has 1 heterocycles. The van der Waals surface area contributed by atoms with E-state index in [4.69, 9.17) is 0 Å². The first kappa shape index (κ1) is 15.0. The van der Waals surface area contributed by atoms with E-state index in [-0.39, 0.29) is 5.91 Å². The van der Waals surface area contributed by atoms with Crippen molar-refractivity contribution < 1.29 is 4.79 Å². The minimum atomic E-state index is -0.0375. The molecular formula is C19H19N3O. The summed E-state index contributed by atoms with van der Waals surface area (Å²) in [7, 11) is 0. The minimum absolute atomic E-state index is 0.0375. The zero-order valence-corrected chi connectivity index (χ0v) is 13.0. The van der Waals surface area contributed by atoms with Gasteiger partial charge in [0.2, 0.25) is 5.91 Å². The van der Waals surface area contributed by atoms with Gasteiger partial charge in [0.15, 0.2) is 0 Å². The van der Waals surface area contributed by atoms with Crippen LogP contribution in [0, 0.1) is 0 Å². The Balaban J connectivity index is 1.84. The maximum absolute atomic E-state index is 12.4. The van der Waals surface area contributed by atoms with Crippen molar-refractivity contribution in [2.45, 2.75) is 19.8 Å². The molecule has 4 nitrogen and oxygen atoms in total. The van der Waals surface area contributed by atoms with E-state index in [2.05, 4.69) is 15.5 Å². The van der Waals surface area contributed by atoms with Gasteiger partial charge >= 0.3 is 0 Å². The highest BCUT2D eigenvalue weighted by Crippen LogP contribution is 2.29. The molecule has 0 atom stereocenters. The quantitative estimate of drug-likeness (QED) is 0.753. The van der Waals surface area contributed by atoms with Crippen LogP contribution < -0.4 is 5.32 Å². The number of benzene rings is 2. The summed E-state index contributed by atoms with van der Waals surface area (Å²) in [6.45, 7) is 2.04. The Morgan fingerprint density at radius 1 is 1.04 bits per heavy atom. The molecule has 2 N–H and O–H groups in total. The van der Waals surface area contributed by atoms with Gasteiger partial charge in [0.1, 0.15) is 5.69 Å². The van der Waals surface area contributed by atoms with Gasteiger partial charge in [-0.3, -0.25) is 9.89 Å². The number of anilines is 1. The fourth-order valence-electron chi connectivity index (χ4n) is 2.54. The number of aryl methyl sites for hydroxylation is 1. The van der Waals surface area contributed by atoms with Crippen LogP contribution in [0.25, 0.3) is 11.3 Å². The summed E-state index contributed by atoms with van der Waals surface area (Å²) in [5, 5.41) is 10.4. The van der Waals surface area contributed by atoms with Gasteiger partial charge in [-0.2, -0.15) is 5.10 Å². The van der Waals surface area contributed by atoms with Crippen LogP contribution in [0.5, 0.6) is 0 Å². The second-order valence-corrected chi connectivity index (χ2v) is 5.36. The highest BCUT2D eigenvalue weighted by molar-refractivity contribution is 5.96. The lowest BCUT2D eigenvalue weighted by Gasteiger charge is -2.08. The largest absolute Gasteiger partial charge is 0.322 e. The number of amides is 1. The van der Waals surface area contributed by atoms with Crippen LogP contribution in [0.4, 0.5) is 5.69 Å². The number of carbonyl (C=O) groups is 1. The molecule has 3 aromatic rings. The monoisotopic (exact) mass is 305 g/mol. The number of H-pyrrole nitrogens is 1. The van der Waals surface area contributed by atoms with Crippen molar-refractivity contribution in [3.63, 3.8) is 0 Å². The molecule has 3 rings (SSSR count). The Morgan fingerprint density at radius 2 is 1.70 bits per heavy atom. The third-order valence-electron chi connectivity index (χ3n) is 3.71. The topological polar surface area (TPSA) is 57.8 Å². The molecule has 23 heavy (non-hydrogen) atoms. The number of aromatic amines is 1. The summed E-state index contributed by atoms with van der Waals surface area (Å²) in [6, 6.07) is 19.6. The van der Waals surface area contributed by atoms with E-state index < -0.39 is 0 Å². The third kappa shape index (κ3) is 3.48. The SMILES string of the molecule is CCc1[nH]nc(-c2ccccc2)c1NC(=O)Cc1ccccc1. The van der Waals surface area contributed by atoms with E-state index in [1.54, 1.807) is 0 Å². The van der Waals surface area contributed by atoms with E-state index >= 15 is 0 Å². The number of carbonyl (C=O) groups excluding carboxylic acids is 1. The van der Waals surface area contributed by atoms with E-state index in [1.165, 1.54) is 0 Å².